The molecule has 0 aromatic heterocycles. The Morgan fingerprint density at radius 3 is 1.44 bits per heavy atom. The first-order valence-corrected chi connectivity index (χ1v) is 11.6. The fraction of sp³-hybridized carbons (Fsp3) is 0.955. The van der Waals surface area contributed by atoms with Gasteiger partial charge in [-0.1, -0.05) is 75.6 Å². The number of hydrogen-bond donors (Lipinski definition) is 0. The van der Waals surface area contributed by atoms with E-state index in [4.69, 9.17) is 23.2 Å². The minimum absolute atomic E-state index is 0.422. The van der Waals surface area contributed by atoms with Gasteiger partial charge in [0.05, 0.1) is 10.8 Å². The summed E-state index contributed by atoms with van der Waals surface area (Å²) in [6.45, 7) is 4.51. The summed E-state index contributed by atoms with van der Waals surface area (Å²) in [5.74, 6) is 2.00. The number of carbonyl (C=O) groups excluding carboxylic acids is 1. The summed E-state index contributed by atoms with van der Waals surface area (Å²) in [6, 6.07) is 0. The van der Waals surface area contributed by atoms with Crippen molar-refractivity contribution in [2.24, 2.45) is 22.7 Å². The minimum atomic E-state index is -0.817. The van der Waals surface area contributed by atoms with Gasteiger partial charge in [-0.05, 0) is 63.2 Å². The quantitative estimate of drug-likeness (QED) is 0.432. The second-order valence-electron chi connectivity index (χ2n) is 9.24. The van der Waals surface area contributed by atoms with Crippen molar-refractivity contribution < 1.29 is 4.79 Å². The number of halogens is 2. The Balaban J connectivity index is 1.62. The summed E-state index contributed by atoms with van der Waals surface area (Å²) in [5, 5.41) is 0. The monoisotopic (exact) mass is 386 g/mol. The first-order valence-electron chi connectivity index (χ1n) is 10.9. The van der Waals surface area contributed by atoms with Gasteiger partial charge in [-0.15, -0.1) is 0 Å². The first-order chi connectivity index (χ1) is 11.9. The maximum atomic E-state index is 13.4. The lowest BCUT2D eigenvalue weighted by Gasteiger charge is -2.67. The van der Waals surface area contributed by atoms with Gasteiger partial charge in [-0.25, -0.2) is 0 Å². The van der Waals surface area contributed by atoms with Crippen molar-refractivity contribution in [3.63, 3.8) is 0 Å². The highest BCUT2D eigenvalue weighted by molar-refractivity contribution is 6.55. The molecular weight excluding hydrogens is 351 g/mol. The van der Waals surface area contributed by atoms with E-state index in [1.165, 1.54) is 38.5 Å². The van der Waals surface area contributed by atoms with Crippen LogP contribution in [0.1, 0.15) is 104 Å². The Labute approximate surface area is 164 Å². The standard InChI is InChI=1S/C22H36Cl2O/c1-3-5-7-17-9-13-20(14-10-17)19(25)21(22(20,23)24)15-11-18(12-16-21)8-6-4-2/h17-18H,3-16H2,1-2H3/t17?,18?,20-,21-. The van der Waals surface area contributed by atoms with Crippen LogP contribution in [-0.4, -0.2) is 10.1 Å². The highest BCUT2D eigenvalue weighted by atomic mass is 35.5. The van der Waals surface area contributed by atoms with Crippen LogP contribution in [-0.2, 0) is 4.79 Å². The van der Waals surface area contributed by atoms with Crippen LogP contribution >= 0.6 is 23.2 Å². The molecule has 0 amide bonds. The number of Topliss-reactive ketones (excluding diaryl/α,β-unsaturated/α-hetero) is 1. The van der Waals surface area contributed by atoms with E-state index in [-0.39, 0.29) is 0 Å². The van der Waals surface area contributed by atoms with Crippen molar-refractivity contribution in [1.29, 1.82) is 0 Å². The first kappa shape index (κ1) is 20.0. The van der Waals surface area contributed by atoms with Gasteiger partial charge in [0.25, 0.3) is 0 Å². The third-order valence-electron chi connectivity index (χ3n) is 7.92. The Morgan fingerprint density at radius 2 is 1.16 bits per heavy atom. The van der Waals surface area contributed by atoms with Gasteiger partial charge in [0.1, 0.15) is 4.33 Å². The molecule has 2 spiro atoms. The lowest BCUT2D eigenvalue weighted by molar-refractivity contribution is -0.172. The van der Waals surface area contributed by atoms with Crippen LogP contribution in [0.15, 0.2) is 0 Å². The Bertz CT molecular complexity index is 428. The van der Waals surface area contributed by atoms with E-state index in [1.807, 2.05) is 0 Å². The van der Waals surface area contributed by atoms with Gasteiger partial charge in [-0.3, -0.25) is 4.79 Å². The largest absolute Gasteiger partial charge is 0.298 e. The lowest BCUT2D eigenvalue weighted by atomic mass is 9.42. The zero-order chi connectivity index (χ0) is 18.1. The summed E-state index contributed by atoms with van der Waals surface area (Å²) in [4.78, 5) is 13.4. The SMILES string of the molecule is CCCCC1CC[C@]2(CC1)C(=O)[C@@]1(CCC(CCCC)CC1)C2(Cl)Cl. The number of rotatable bonds is 6. The van der Waals surface area contributed by atoms with Crippen molar-refractivity contribution in [2.75, 3.05) is 0 Å². The molecule has 0 N–H and O–H groups in total. The molecule has 3 aliphatic carbocycles. The van der Waals surface area contributed by atoms with E-state index >= 15 is 0 Å². The van der Waals surface area contributed by atoms with Crippen LogP contribution in [0, 0.1) is 22.7 Å². The smallest absolute Gasteiger partial charge is 0.151 e. The summed E-state index contributed by atoms with van der Waals surface area (Å²) in [6.07, 6.45) is 16.0. The number of hydrogen-bond acceptors (Lipinski definition) is 1. The summed E-state index contributed by atoms with van der Waals surface area (Å²) >= 11 is 14.0. The summed E-state index contributed by atoms with van der Waals surface area (Å²) < 4.78 is -0.817. The molecule has 0 radical (unpaired) electrons. The molecule has 0 bridgehead atoms. The molecule has 3 heteroatoms. The molecule has 0 aliphatic heterocycles. The molecule has 0 aromatic carbocycles. The molecule has 3 rings (SSSR count). The minimum Gasteiger partial charge on any atom is -0.298 e. The highest BCUT2D eigenvalue weighted by Gasteiger charge is 2.78. The molecular formula is C22H36Cl2O. The second-order valence-corrected chi connectivity index (χ2v) is 10.6. The molecule has 1 nitrogen and oxygen atoms in total. The number of ketones is 1. The maximum Gasteiger partial charge on any atom is 0.151 e. The average molecular weight is 387 g/mol. The van der Waals surface area contributed by atoms with Crippen LogP contribution in [0.3, 0.4) is 0 Å². The predicted molar refractivity (Wildman–Crippen MR) is 107 cm³/mol. The molecule has 3 aliphatic rings. The number of alkyl halides is 2. The Morgan fingerprint density at radius 1 is 0.800 bits per heavy atom. The molecule has 144 valence electrons. The molecule has 0 atom stereocenters. The molecule has 0 aromatic rings. The molecule has 0 saturated heterocycles. The van der Waals surface area contributed by atoms with Gasteiger partial charge in [-0.2, -0.15) is 0 Å². The topological polar surface area (TPSA) is 17.1 Å². The maximum absolute atomic E-state index is 13.4. The summed E-state index contributed by atoms with van der Waals surface area (Å²) in [5.41, 5.74) is -0.843. The van der Waals surface area contributed by atoms with E-state index < -0.39 is 15.2 Å². The van der Waals surface area contributed by atoms with Gasteiger partial charge in [0.15, 0.2) is 5.78 Å². The number of carbonyl (C=O) groups is 1. The highest BCUT2D eigenvalue weighted by Crippen LogP contribution is 2.74. The summed E-state index contributed by atoms with van der Waals surface area (Å²) in [7, 11) is 0. The van der Waals surface area contributed by atoms with Crippen LogP contribution in [0.2, 0.25) is 0 Å². The molecule has 0 unspecified atom stereocenters. The van der Waals surface area contributed by atoms with E-state index in [1.54, 1.807) is 0 Å². The van der Waals surface area contributed by atoms with E-state index in [0.29, 0.717) is 5.78 Å². The van der Waals surface area contributed by atoms with Crippen molar-refractivity contribution in [3.05, 3.63) is 0 Å². The van der Waals surface area contributed by atoms with Crippen LogP contribution < -0.4 is 0 Å². The van der Waals surface area contributed by atoms with E-state index in [0.717, 1.165) is 63.2 Å². The lowest BCUT2D eigenvalue weighted by Crippen LogP contribution is -2.74. The molecule has 0 heterocycles. The van der Waals surface area contributed by atoms with Crippen LogP contribution in [0.5, 0.6) is 0 Å². The second kappa shape index (κ2) is 7.70. The van der Waals surface area contributed by atoms with E-state index in [2.05, 4.69) is 13.8 Å². The third kappa shape index (κ3) is 3.10. The molecule has 25 heavy (non-hydrogen) atoms. The molecule has 3 saturated carbocycles. The normalized spacial score (nSPS) is 40.4. The van der Waals surface area contributed by atoms with Gasteiger partial charge in [0.2, 0.25) is 0 Å². The molecule has 3 fully saturated rings. The third-order valence-corrected chi connectivity index (χ3v) is 9.37. The average Bonchev–Trinajstić information content (AvgIpc) is 2.64. The van der Waals surface area contributed by atoms with Crippen LogP contribution in [0.4, 0.5) is 0 Å². The predicted octanol–water partition coefficient (Wildman–Crippen LogP) is 7.48. The van der Waals surface area contributed by atoms with Crippen LogP contribution in [0.25, 0.3) is 0 Å². The van der Waals surface area contributed by atoms with Crippen molar-refractivity contribution in [1.82, 2.24) is 0 Å². The Kier molecular flexibility index (Phi) is 6.16. The Hall–Kier alpha value is 0.250. The van der Waals surface area contributed by atoms with Gasteiger partial charge >= 0.3 is 0 Å². The zero-order valence-electron chi connectivity index (χ0n) is 16.2. The van der Waals surface area contributed by atoms with Gasteiger partial charge in [0, 0.05) is 0 Å². The van der Waals surface area contributed by atoms with E-state index in [9.17, 15) is 4.79 Å². The van der Waals surface area contributed by atoms with Gasteiger partial charge < -0.3 is 0 Å². The fourth-order valence-corrected chi connectivity index (χ4v) is 7.22. The van der Waals surface area contributed by atoms with Crippen molar-refractivity contribution in [3.8, 4) is 0 Å². The van der Waals surface area contributed by atoms with Crippen molar-refractivity contribution in [2.45, 2.75) is 108 Å². The fourth-order valence-electron chi connectivity index (χ4n) is 6.12. The van der Waals surface area contributed by atoms with Crippen molar-refractivity contribution >= 4 is 29.0 Å². The number of unbranched alkanes of at least 4 members (excludes halogenated alkanes) is 2. The zero-order valence-corrected chi connectivity index (χ0v) is 17.7.